The van der Waals surface area contributed by atoms with Crippen LogP contribution in [0.5, 0.6) is 5.75 Å². The van der Waals surface area contributed by atoms with Crippen LogP contribution in [0.2, 0.25) is 0 Å². The molecule has 0 unspecified atom stereocenters. The zero-order valence-electron chi connectivity index (χ0n) is 12.8. The molecule has 0 radical (unpaired) electrons. The summed E-state index contributed by atoms with van der Waals surface area (Å²) < 4.78 is 10.9. The Morgan fingerprint density at radius 1 is 1.09 bits per heavy atom. The lowest BCUT2D eigenvalue weighted by atomic mass is 10.0. The number of benzene rings is 2. The number of esters is 1. The van der Waals surface area contributed by atoms with E-state index in [0.29, 0.717) is 5.56 Å². The van der Waals surface area contributed by atoms with Crippen molar-refractivity contribution in [3.8, 4) is 5.75 Å². The van der Waals surface area contributed by atoms with Gasteiger partial charge in [0.05, 0.1) is 19.8 Å². The third-order valence-electron chi connectivity index (χ3n) is 3.52. The quantitative estimate of drug-likeness (QED) is 0.713. The summed E-state index contributed by atoms with van der Waals surface area (Å²) >= 11 is 3.53. The average Bonchev–Trinajstić information content (AvgIpc) is 2.55. The van der Waals surface area contributed by atoms with Crippen LogP contribution in [-0.4, -0.2) is 20.2 Å². The van der Waals surface area contributed by atoms with Crippen LogP contribution in [0.4, 0.5) is 0 Å². The fraction of sp³-hybridized carbons (Fsp3) is 0.278. The Morgan fingerprint density at radius 3 is 2.59 bits per heavy atom. The molecule has 0 saturated carbocycles. The molecule has 0 heterocycles. The molecule has 0 fully saturated rings. The van der Waals surface area contributed by atoms with Gasteiger partial charge in [0.2, 0.25) is 0 Å². The van der Waals surface area contributed by atoms with Gasteiger partial charge in [-0.25, -0.2) is 4.79 Å². The molecule has 0 saturated heterocycles. The number of halogens is 1. The molecule has 116 valence electrons. The Balaban J connectivity index is 1.95. The molecule has 0 bridgehead atoms. The predicted octanol–water partition coefficient (Wildman–Crippen LogP) is 4.42. The van der Waals surface area contributed by atoms with Crippen molar-refractivity contribution >= 4 is 21.9 Å². The molecule has 2 aromatic rings. The van der Waals surface area contributed by atoms with Crippen LogP contribution in [0.25, 0.3) is 0 Å². The van der Waals surface area contributed by atoms with Gasteiger partial charge < -0.3 is 9.47 Å². The second-order valence-electron chi connectivity index (χ2n) is 5.00. The van der Waals surface area contributed by atoms with E-state index in [2.05, 4.69) is 28.1 Å². The van der Waals surface area contributed by atoms with E-state index >= 15 is 0 Å². The van der Waals surface area contributed by atoms with E-state index in [1.807, 2.05) is 24.3 Å². The number of hydrogen-bond donors (Lipinski definition) is 0. The Hall–Kier alpha value is -1.81. The van der Waals surface area contributed by atoms with E-state index in [1.165, 1.54) is 18.2 Å². The van der Waals surface area contributed by atoms with Gasteiger partial charge in [-0.3, -0.25) is 0 Å². The summed E-state index contributed by atoms with van der Waals surface area (Å²) in [6.45, 7) is 0. The van der Waals surface area contributed by atoms with Crippen molar-refractivity contribution in [2.24, 2.45) is 0 Å². The topological polar surface area (TPSA) is 35.5 Å². The summed E-state index contributed by atoms with van der Waals surface area (Å²) in [7, 11) is 3.07. The summed E-state index contributed by atoms with van der Waals surface area (Å²) in [6.07, 6.45) is 2.96. The normalized spacial score (nSPS) is 10.3. The molecule has 0 aliphatic carbocycles. The molecule has 22 heavy (non-hydrogen) atoms. The molecule has 0 atom stereocenters. The van der Waals surface area contributed by atoms with E-state index in [9.17, 15) is 4.79 Å². The summed E-state index contributed by atoms with van der Waals surface area (Å²) in [5.41, 5.74) is 3.02. The lowest BCUT2D eigenvalue weighted by Crippen LogP contribution is -2.02. The van der Waals surface area contributed by atoms with Crippen LogP contribution >= 0.6 is 15.9 Å². The SMILES string of the molecule is COC(=O)c1ccc(CCCc2cccc(OC)c2)c(Br)c1. The van der Waals surface area contributed by atoms with Gasteiger partial charge in [-0.2, -0.15) is 0 Å². The van der Waals surface area contributed by atoms with Crippen molar-refractivity contribution in [1.29, 1.82) is 0 Å². The number of rotatable bonds is 6. The maximum atomic E-state index is 11.5. The number of ether oxygens (including phenoxy) is 2. The van der Waals surface area contributed by atoms with E-state index in [-0.39, 0.29) is 5.97 Å². The molecule has 2 rings (SSSR count). The zero-order valence-corrected chi connectivity index (χ0v) is 14.4. The average molecular weight is 363 g/mol. The number of carbonyl (C=O) groups is 1. The van der Waals surface area contributed by atoms with Crippen LogP contribution < -0.4 is 4.74 Å². The minimum Gasteiger partial charge on any atom is -0.497 e. The smallest absolute Gasteiger partial charge is 0.337 e. The largest absolute Gasteiger partial charge is 0.497 e. The van der Waals surface area contributed by atoms with E-state index in [4.69, 9.17) is 9.47 Å². The Morgan fingerprint density at radius 2 is 1.91 bits per heavy atom. The Bertz CT molecular complexity index is 653. The molecular weight excluding hydrogens is 344 g/mol. The van der Waals surface area contributed by atoms with Gasteiger partial charge in [0.1, 0.15) is 5.75 Å². The molecule has 2 aromatic carbocycles. The highest BCUT2D eigenvalue weighted by Gasteiger charge is 2.08. The molecule has 0 N–H and O–H groups in total. The number of aryl methyl sites for hydroxylation is 2. The molecule has 0 amide bonds. The number of carbonyl (C=O) groups excluding carboxylic acids is 1. The highest BCUT2D eigenvalue weighted by molar-refractivity contribution is 9.10. The summed E-state index contributed by atoms with van der Waals surface area (Å²) in [4.78, 5) is 11.5. The fourth-order valence-corrected chi connectivity index (χ4v) is 2.88. The van der Waals surface area contributed by atoms with E-state index in [0.717, 1.165) is 29.5 Å². The summed E-state index contributed by atoms with van der Waals surface area (Å²) in [6, 6.07) is 13.7. The van der Waals surface area contributed by atoms with Crippen molar-refractivity contribution in [3.63, 3.8) is 0 Å². The minimum atomic E-state index is -0.316. The number of methoxy groups -OCH3 is 2. The predicted molar refractivity (Wildman–Crippen MR) is 90.5 cm³/mol. The Labute approximate surface area is 139 Å². The van der Waals surface area contributed by atoms with Gasteiger partial charge in [0.25, 0.3) is 0 Å². The van der Waals surface area contributed by atoms with Gasteiger partial charge in [-0.1, -0.05) is 34.1 Å². The maximum absolute atomic E-state index is 11.5. The van der Waals surface area contributed by atoms with E-state index < -0.39 is 0 Å². The van der Waals surface area contributed by atoms with Crippen molar-refractivity contribution in [2.45, 2.75) is 19.3 Å². The first-order chi connectivity index (χ1) is 10.6. The molecule has 3 nitrogen and oxygen atoms in total. The molecular formula is C18H19BrO3. The van der Waals surface area contributed by atoms with Gasteiger partial charge in [-0.05, 0) is 54.7 Å². The van der Waals surface area contributed by atoms with Crippen molar-refractivity contribution in [3.05, 3.63) is 63.6 Å². The molecule has 0 aliphatic rings. The van der Waals surface area contributed by atoms with Crippen LogP contribution in [0.1, 0.15) is 27.9 Å². The summed E-state index contributed by atoms with van der Waals surface area (Å²) in [5.74, 6) is 0.574. The molecule has 0 aromatic heterocycles. The van der Waals surface area contributed by atoms with Crippen LogP contribution in [0.15, 0.2) is 46.9 Å². The fourth-order valence-electron chi connectivity index (χ4n) is 2.31. The minimum absolute atomic E-state index is 0.316. The van der Waals surface area contributed by atoms with Crippen LogP contribution in [0, 0.1) is 0 Å². The lowest BCUT2D eigenvalue weighted by Gasteiger charge is -2.08. The first-order valence-electron chi connectivity index (χ1n) is 7.13. The highest BCUT2D eigenvalue weighted by Crippen LogP contribution is 2.22. The highest BCUT2D eigenvalue weighted by atomic mass is 79.9. The van der Waals surface area contributed by atoms with Crippen LogP contribution in [0.3, 0.4) is 0 Å². The maximum Gasteiger partial charge on any atom is 0.337 e. The Kier molecular flexibility index (Phi) is 6.01. The van der Waals surface area contributed by atoms with Gasteiger partial charge >= 0.3 is 5.97 Å². The van der Waals surface area contributed by atoms with Crippen LogP contribution in [-0.2, 0) is 17.6 Å². The number of hydrogen-bond acceptors (Lipinski definition) is 3. The van der Waals surface area contributed by atoms with Crippen molar-refractivity contribution in [1.82, 2.24) is 0 Å². The second kappa shape index (κ2) is 7.99. The lowest BCUT2D eigenvalue weighted by molar-refractivity contribution is 0.0600. The second-order valence-corrected chi connectivity index (χ2v) is 5.86. The van der Waals surface area contributed by atoms with E-state index in [1.54, 1.807) is 13.2 Å². The first kappa shape index (κ1) is 16.6. The molecule has 4 heteroatoms. The zero-order chi connectivity index (χ0) is 15.9. The van der Waals surface area contributed by atoms with Gasteiger partial charge in [0.15, 0.2) is 0 Å². The third-order valence-corrected chi connectivity index (χ3v) is 4.26. The summed E-state index contributed by atoms with van der Waals surface area (Å²) in [5, 5.41) is 0. The molecule has 0 aliphatic heterocycles. The molecule has 0 spiro atoms. The third kappa shape index (κ3) is 4.34. The van der Waals surface area contributed by atoms with Crippen molar-refractivity contribution in [2.75, 3.05) is 14.2 Å². The van der Waals surface area contributed by atoms with Gasteiger partial charge in [0, 0.05) is 4.47 Å². The first-order valence-corrected chi connectivity index (χ1v) is 7.93. The van der Waals surface area contributed by atoms with Crippen molar-refractivity contribution < 1.29 is 14.3 Å². The monoisotopic (exact) mass is 362 g/mol. The van der Waals surface area contributed by atoms with Gasteiger partial charge in [-0.15, -0.1) is 0 Å². The standard InChI is InChI=1S/C18H19BrO3/c1-21-16-8-4-6-13(11-16)5-3-7-14-9-10-15(12-17(14)19)18(20)22-2/h4,6,8-12H,3,5,7H2,1-2H3.